The molecular weight excluding hydrogens is 300 g/mol. The minimum atomic E-state index is -0.155. The zero-order valence-electron chi connectivity index (χ0n) is 12.7. The van der Waals surface area contributed by atoms with E-state index < -0.39 is 0 Å². The Labute approximate surface area is 133 Å². The van der Waals surface area contributed by atoms with Crippen molar-refractivity contribution in [1.82, 2.24) is 14.9 Å². The van der Waals surface area contributed by atoms with E-state index in [1.54, 1.807) is 17.7 Å². The fourth-order valence-corrected chi connectivity index (χ4v) is 3.42. The van der Waals surface area contributed by atoms with Crippen molar-refractivity contribution in [1.29, 1.82) is 0 Å². The van der Waals surface area contributed by atoms with E-state index in [-0.39, 0.29) is 18.2 Å². The molecule has 3 heterocycles. The standard InChI is InChI=1S/C15H20N4O2S/c1-10-7-22-8-12(10)18-15(20)17-11-3-4-21-14(5-11)13-6-16-9-19(13)2/h6-9,11,14H,3-5H2,1-2H3,(H2,17,18,20)/t11-,14-/m1/s1. The average Bonchev–Trinajstić information content (AvgIpc) is 3.08. The van der Waals surface area contributed by atoms with Crippen LogP contribution in [0.5, 0.6) is 0 Å². The summed E-state index contributed by atoms with van der Waals surface area (Å²) in [5, 5.41) is 9.90. The summed E-state index contributed by atoms with van der Waals surface area (Å²) in [4.78, 5) is 16.2. The van der Waals surface area contributed by atoms with Crippen molar-refractivity contribution in [3.8, 4) is 0 Å². The molecule has 22 heavy (non-hydrogen) atoms. The molecule has 2 aromatic rings. The van der Waals surface area contributed by atoms with Gasteiger partial charge in [-0.1, -0.05) is 0 Å². The molecule has 0 saturated carbocycles. The van der Waals surface area contributed by atoms with Crippen molar-refractivity contribution < 1.29 is 9.53 Å². The Bertz CT molecular complexity index is 652. The van der Waals surface area contributed by atoms with Crippen LogP contribution >= 0.6 is 11.3 Å². The van der Waals surface area contributed by atoms with E-state index in [1.807, 2.05) is 35.5 Å². The number of urea groups is 1. The molecule has 6 nitrogen and oxygen atoms in total. The number of aromatic nitrogens is 2. The van der Waals surface area contributed by atoms with E-state index in [0.29, 0.717) is 6.61 Å². The van der Waals surface area contributed by atoms with Gasteiger partial charge in [0.05, 0.1) is 23.9 Å². The molecule has 0 aromatic carbocycles. The van der Waals surface area contributed by atoms with Crippen LogP contribution in [0.4, 0.5) is 10.5 Å². The van der Waals surface area contributed by atoms with Crippen molar-refractivity contribution in [2.75, 3.05) is 11.9 Å². The first-order valence-corrected chi connectivity index (χ1v) is 8.26. The van der Waals surface area contributed by atoms with Gasteiger partial charge in [-0.15, -0.1) is 11.3 Å². The maximum atomic E-state index is 12.1. The van der Waals surface area contributed by atoms with Crippen LogP contribution in [0.1, 0.15) is 30.2 Å². The van der Waals surface area contributed by atoms with Gasteiger partial charge in [0.15, 0.2) is 0 Å². The van der Waals surface area contributed by atoms with E-state index in [0.717, 1.165) is 29.8 Å². The van der Waals surface area contributed by atoms with Gasteiger partial charge >= 0.3 is 6.03 Å². The molecule has 1 aliphatic rings. The van der Waals surface area contributed by atoms with E-state index in [4.69, 9.17) is 4.74 Å². The van der Waals surface area contributed by atoms with Crippen molar-refractivity contribution in [2.24, 2.45) is 7.05 Å². The predicted octanol–water partition coefficient (Wildman–Crippen LogP) is 2.83. The SMILES string of the molecule is Cc1cscc1NC(=O)N[C@@H]1CCO[C@@H](c2cncn2C)C1. The molecule has 0 spiro atoms. The average molecular weight is 320 g/mol. The third-order valence-corrected chi connectivity index (χ3v) is 4.77. The fourth-order valence-electron chi connectivity index (χ4n) is 2.64. The second kappa shape index (κ2) is 6.50. The highest BCUT2D eigenvalue weighted by atomic mass is 32.1. The van der Waals surface area contributed by atoms with Gasteiger partial charge in [0.25, 0.3) is 0 Å². The summed E-state index contributed by atoms with van der Waals surface area (Å²) in [6.07, 6.45) is 5.15. The Hall–Kier alpha value is -1.86. The minimum absolute atomic E-state index is 0.0190. The molecule has 0 unspecified atom stereocenters. The number of amides is 2. The van der Waals surface area contributed by atoms with Crippen LogP contribution in [-0.2, 0) is 11.8 Å². The molecule has 1 aliphatic heterocycles. The fraction of sp³-hybridized carbons (Fsp3) is 0.467. The highest BCUT2D eigenvalue weighted by Gasteiger charge is 2.26. The summed E-state index contributed by atoms with van der Waals surface area (Å²) in [6.45, 7) is 2.62. The van der Waals surface area contributed by atoms with Gasteiger partial charge in [0.1, 0.15) is 6.10 Å². The number of thiophene rings is 1. The number of hydrogen-bond donors (Lipinski definition) is 2. The summed E-state index contributed by atoms with van der Waals surface area (Å²) in [6, 6.07) is -0.0512. The highest BCUT2D eigenvalue weighted by molar-refractivity contribution is 7.08. The number of imidazole rings is 1. The van der Waals surface area contributed by atoms with Crippen molar-refractivity contribution in [3.05, 3.63) is 34.5 Å². The lowest BCUT2D eigenvalue weighted by Gasteiger charge is -2.30. The molecule has 7 heteroatoms. The van der Waals surface area contributed by atoms with Crippen LogP contribution < -0.4 is 10.6 Å². The van der Waals surface area contributed by atoms with E-state index in [2.05, 4.69) is 15.6 Å². The molecule has 1 saturated heterocycles. The number of anilines is 1. The molecule has 2 aromatic heterocycles. The largest absolute Gasteiger partial charge is 0.372 e. The molecule has 0 radical (unpaired) electrons. The third kappa shape index (κ3) is 3.31. The van der Waals surface area contributed by atoms with Crippen LogP contribution in [-0.4, -0.2) is 28.2 Å². The molecular formula is C15H20N4O2S. The van der Waals surface area contributed by atoms with Crippen LogP contribution in [0, 0.1) is 6.92 Å². The Kier molecular flexibility index (Phi) is 4.44. The Morgan fingerprint density at radius 2 is 2.36 bits per heavy atom. The van der Waals surface area contributed by atoms with Gasteiger partial charge in [-0.2, -0.15) is 0 Å². The van der Waals surface area contributed by atoms with Gasteiger partial charge in [0, 0.05) is 25.1 Å². The normalized spacial score (nSPS) is 21.5. The first-order valence-electron chi connectivity index (χ1n) is 7.31. The summed E-state index contributed by atoms with van der Waals surface area (Å²) in [5.41, 5.74) is 3.00. The van der Waals surface area contributed by atoms with Crippen LogP contribution in [0.2, 0.25) is 0 Å². The molecule has 0 bridgehead atoms. The number of hydrogen-bond acceptors (Lipinski definition) is 4. The summed E-state index contributed by atoms with van der Waals surface area (Å²) < 4.78 is 7.77. The highest BCUT2D eigenvalue weighted by Crippen LogP contribution is 2.27. The molecule has 1 fully saturated rings. The molecule has 2 amide bonds. The summed E-state index contributed by atoms with van der Waals surface area (Å²) in [5.74, 6) is 0. The first-order chi connectivity index (χ1) is 10.6. The van der Waals surface area contributed by atoms with Gasteiger partial charge in [0.2, 0.25) is 0 Å². The van der Waals surface area contributed by atoms with Gasteiger partial charge in [-0.3, -0.25) is 0 Å². The number of nitrogens with zero attached hydrogens (tertiary/aromatic N) is 2. The topological polar surface area (TPSA) is 68.2 Å². The van der Waals surface area contributed by atoms with Gasteiger partial charge in [-0.25, -0.2) is 9.78 Å². The lowest BCUT2D eigenvalue weighted by molar-refractivity contribution is -0.00151. The Balaban J connectivity index is 1.57. The van der Waals surface area contributed by atoms with Crippen LogP contribution in [0.25, 0.3) is 0 Å². The molecule has 118 valence electrons. The number of aryl methyl sites for hydroxylation is 2. The van der Waals surface area contributed by atoms with Crippen LogP contribution in [0.15, 0.2) is 23.3 Å². The van der Waals surface area contributed by atoms with E-state index in [9.17, 15) is 4.79 Å². The molecule has 3 rings (SSSR count). The molecule has 2 atom stereocenters. The number of carbonyl (C=O) groups is 1. The summed E-state index contributed by atoms with van der Waals surface area (Å²) in [7, 11) is 1.95. The summed E-state index contributed by atoms with van der Waals surface area (Å²) >= 11 is 1.58. The molecule has 2 N–H and O–H groups in total. The first kappa shape index (κ1) is 15.1. The minimum Gasteiger partial charge on any atom is -0.372 e. The van der Waals surface area contributed by atoms with Gasteiger partial charge in [-0.05, 0) is 30.7 Å². The number of ether oxygens (including phenoxy) is 1. The monoisotopic (exact) mass is 320 g/mol. The quantitative estimate of drug-likeness (QED) is 0.914. The number of rotatable bonds is 3. The maximum Gasteiger partial charge on any atom is 0.319 e. The number of nitrogens with one attached hydrogen (secondary N) is 2. The Morgan fingerprint density at radius 3 is 3.05 bits per heavy atom. The lowest BCUT2D eigenvalue weighted by atomic mass is 10.0. The van der Waals surface area contributed by atoms with Crippen LogP contribution in [0.3, 0.4) is 0 Å². The number of carbonyl (C=O) groups excluding carboxylic acids is 1. The lowest BCUT2D eigenvalue weighted by Crippen LogP contribution is -2.42. The maximum absolute atomic E-state index is 12.1. The van der Waals surface area contributed by atoms with Crippen molar-refractivity contribution in [2.45, 2.75) is 31.9 Å². The van der Waals surface area contributed by atoms with E-state index >= 15 is 0 Å². The predicted molar refractivity (Wildman–Crippen MR) is 86.1 cm³/mol. The third-order valence-electron chi connectivity index (χ3n) is 3.91. The molecule has 0 aliphatic carbocycles. The zero-order chi connectivity index (χ0) is 15.5. The van der Waals surface area contributed by atoms with Crippen molar-refractivity contribution >= 4 is 23.1 Å². The van der Waals surface area contributed by atoms with E-state index in [1.165, 1.54) is 0 Å². The van der Waals surface area contributed by atoms with Crippen molar-refractivity contribution in [3.63, 3.8) is 0 Å². The Morgan fingerprint density at radius 1 is 1.50 bits per heavy atom. The second-order valence-electron chi connectivity index (χ2n) is 5.58. The smallest absolute Gasteiger partial charge is 0.319 e. The second-order valence-corrected chi connectivity index (χ2v) is 6.32. The zero-order valence-corrected chi connectivity index (χ0v) is 13.5. The van der Waals surface area contributed by atoms with Gasteiger partial charge < -0.3 is 19.9 Å².